The monoisotopic (exact) mass is 369 g/mol. The summed E-state index contributed by atoms with van der Waals surface area (Å²) in [5, 5.41) is 0. The van der Waals surface area contributed by atoms with Crippen LogP contribution in [0.1, 0.15) is 22.3 Å². The third kappa shape index (κ3) is 2.75. The summed E-state index contributed by atoms with van der Waals surface area (Å²) in [6.45, 7) is 4.24. The van der Waals surface area contributed by atoms with Gasteiger partial charge in [-0.05, 0) is 52.0 Å². The van der Waals surface area contributed by atoms with Gasteiger partial charge in [-0.3, -0.25) is 14.5 Å². The molecule has 0 aliphatic carbocycles. The lowest BCUT2D eigenvalue weighted by atomic mass is 9.97. The van der Waals surface area contributed by atoms with E-state index in [0.29, 0.717) is 10.1 Å². The van der Waals surface area contributed by atoms with Gasteiger partial charge in [0.2, 0.25) is 0 Å². The van der Waals surface area contributed by atoms with Crippen LogP contribution in [0.25, 0.3) is 5.57 Å². The standard InChI is InChI=1S/C19H16BrNO2/c1-12-7-6-10-15(13(12)2)16-17(20)19(23)21(18(16)22)11-14-8-4-3-5-9-14/h3-10H,11H2,1-2H3. The van der Waals surface area contributed by atoms with Crippen LogP contribution < -0.4 is 0 Å². The molecule has 0 radical (unpaired) electrons. The SMILES string of the molecule is Cc1cccc(C2=C(Br)C(=O)N(Cc3ccccc3)C2=O)c1C. The van der Waals surface area contributed by atoms with Gasteiger partial charge in [0.15, 0.2) is 0 Å². The number of imide groups is 1. The van der Waals surface area contributed by atoms with Crippen LogP contribution in [0.15, 0.2) is 53.0 Å². The van der Waals surface area contributed by atoms with Gasteiger partial charge in [-0.2, -0.15) is 0 Å². The molecule has 0 saturated heterocycles. The van der Waals surface area contributed by atoms with Gasteiger partial charge in [0.25, 0.3) is 11.8 Å². The highest BCUT2D eigenvalue weighted by atomic mass is 79.9. The van der Waals surface area contributed by atoms with Crippen molar-refractivity contribution in [1.82, 2.24) is 4.90 Å². The number of amides is 2. The zero-order valence-corrected chi connectivity index (χ0v) is 14.6. The quantitative estimate of drug-likeness (QED) is 0.767. The van der Waals surface area contributed by atoms with Crippen molar-refractivity contribution in [2.75, 3.05) is 0 Å². The average molecular weight is 370 g/mol. The van der Waals surface area contributed by atoms with Gasteiger partial charge in [-0.1, -0.05) is 48.5 Å². The maximum atomic E-state index is 12.8. The lowest BCUT2D eigenvalue weighted by Crippen LogP contribution is -2.30. The highest BCUT2D eigenvalue weighted by Gasteiger charge is 2.38. The van der Waals surface area contributed by atoms with Gasteiger partial charge in [0.1, 0.15) is 0 Å². The second-order valence-electron chi connectivity index (χ2n) is 5.62. The Balaban J connectivity index is 1.98. The molecular formula is C19H16BrNO2. The highest BCUT2D eigenvalue weighted by molar-refractivity contribution is 9.12. The molecule has 1 heterocycles. The van der Waals surface area contributed by atoms with E-state index >= 15 is 0 Å². The summed E-state index contributed by atoms with van der Waals surface area (Å²) in [5.41, 5.74) is 4.30. The largest absolute Gasteiger partial charge is 0.269 e. The molecule has 0 spiro atoms. The Kier molecular flexibility index (Phi) is 4.18. The lowest BCUT2D eigenvalue weighted by Gasteiger charge is -2.15. The Morgan fingerprint density at radius 3 is 2.30 bits per heavy atom. The Bertz CT molecular complexity index is 825. The van der Waals surface area contributed by atoms with E-state index in [4.69, 9.17) is 0 Å². The van der Waals surface area contributed by atoms with Crippen LogP contribution in [0.3, 0.4) is 0 Å². The molecule has 0 aromatic heterocycles. The van der Waals surface area contributed by atoms with Crippen LogP contribution in [0.2, 0.25) is 0 Å². The molecule has 0 bridgehead atoms. The molecule has 116 valence electrons. The smallest absolute Gasteiger partial charge is 0.268 e. The summed E-state index contributed by atoms with van der Waals surface area (Å²) in [5.74, 6) is -0.533. The molecule has 2 amide bonds. The van der Waals surface area contributed by atoms with Crippen LogP contribution >= 0.6 is 15.9 Å². The summed E-state index contributed by atoms with van der Waals surface area (Å²) in [6.07, 6.45) is 0. The molecule has 0 saturated carbocycles. The molecule has 1 aliphatic rings. The normalized spacial score (nSPS) is 14.8. The molecule has 0 fully saturated rings. The second-order valence-corrected chi connectivity index (χ2v) is 6.41. The van der Waals surface area contributed by atoms with E-state index < -0.39 is 0 Å². The van der Waals surface area contributed by atoms with Crippen molar-refractivity contribution in [3.8, 4) is 0 Å². The minimum absolute atomic E-state index is 0.251. The van der Waals surface area contributed by atoms with E-state index in [2.05, 4.69) is 15.9 Å². The van der Waals surface area contributed by atoms with Crippen molar-refractivity contribution < 1.29 is 9.59 Å². The third-order valence-corrected chi connectivity index (χ3v) is 4.90. The number of nitrogens with zero attached hydrogens (tertiary/aromatic N) is 1. The number of halogens is 1. The summed E-state index contributed by atoms with van der Waals surface area (Å²) < 4.78 is 0.340. The van der Waals surface area contributed by atoms with Gasteiger partial charge in [0, 0.05) is 0 Å². The molecule has 0 N–H and O–H groups in total. The van der Waals surface area contributed by atoms with Crippen LogP contribution in [0.5, 0.6) is 0 Å². The van der Waals surface area contributed by atoms with Crippen LogP contribution in [0.4, 0.5) is 0 Å². The molecule has 3 rings (SSSR count). The molecule has 0 unspecified atom stereocenters. The highest BCUT2D eigenvalue weighted by Crippen LogP contribution is 2.35. The topological polar surface area (TPSA) is 37.4 Å². The fourth-order valence-electron chi connectivity index (χ4n) is 2.71. The number of carbonyl (C=O) groups is 2. The zero-order chi connectivity index (χ0) is 16.6. The van der Waals surface area contributed by atoms with Crippen molar-refractivity contribution >= 4 is 33.3 Å². The second kappa shape index (κ2) is 6.13. The van der Waals surface area contributed by atoms with Crippen molar-refractivity contribution in [3.63, 3.8) is 0 Å². The van der Waals surface area contributed by atoms with E-state index in [1.807, 2.05) is 62.4 Å². The fourth-order valence-corrected chi connectivity index (χ4v) is 3.31. The maximum absolute atomic E-state index is 12.8. The van der Waals surface area contributed by atoms with E-state index in [-0.39, 0.29) is 18.4 Å². The number of aryl methyl sites for hydroxylation is 1. The first-order valence-electron chi connectivity index (χ1n) is 7.37. The molecule has 2 aromatic carbocycles. The van der Waals surface area contributed by atoms with Gasteiger partial charge in [-0.25, -0.2) is 0 Å². The summed E-state index contributed by atoms with van der Waals surface area (Å²) in [7, 11) is 0. The maximum Gasteiger partial charge on any atom is 0.268 e. The molecule has 23 heavy (non-hydrogen) atoms. The van der Waals surface area contributed by atoms with Crippen molar-refractivity contribution in [2.45, 2.75) is 20.4 Å². The number of carbonyl (C=O) groups excluding carboxylic acids is 2. The van der Waals surface area contributed by atoms with Crippen LogP contribution in [-0.4, -0.2) is 16.7 Å². The predicted molar refractivity (Wildman–Crippen MR) is 93.8 cm³/mol. The number of rotatable bonds is 3. The summed E-state index contributed by atoms with van der Waals surface area (Å²) >= 11 is 3.33. The van der Waals surface area contributed by atoms with Crippen LogP contribution in [-0.2, 0) is 16.1 Å². The average Bonchev–Trinajstić information content (AvgIpc) is 2.75. The first-order valence-corrected chi connectivity index (χ1v) is 8.16. The van der Waals surface area contributed by atoms with Crippen molar-refractivity contribution in [1.29, 1.82) is 0 Å². The Morgan fingerprint density at radius 2 is 1.61 bits per heavy atom. The van der Waals surface area contributed by atoms with Gasteiger partial charge >= 0.3 is 0 Å². The molecule has 4 heteroatoms. The minimum atomic E-state index is -0.283. The first kappa shape index (κ1) is 15.7. The van der Waals surface area contributed by atoms with E-state index in [0.717, 1.165) is 22.3 Å². The summed E-state index contributed by atoms with van der Waals surface area (Å²) in [6, 6.07) is 15.3. The first-order chi connectivity index (χ1) is 11.0. The Labute approximate surface area is 143 Å². The van der Waals surface area contributed by atoms with Crippen LogP contribution in [0, 0.1) is 13.8 Å². The Hall–Kier alpha value is -2.20. The summed E-state index contributed by atoms with van der Waals surface area (Å²) in [4.78, 5) is 26.6. The molecule has 0 atom stereocenters. The zero-order valence-electron chi connectivity index (χ0n) is 13.0. The minimum Gasteiger partial charge on any atom is -0.269 e. The van der Waals surface area contributed by atoms with Gasteiger partial charge < -0.3 is 0 Å². The molecule has 3 nitrogen and oxygen atoms in total. The third-order valence-electron chi connectivity index (χ3n) is 4.17. The number of hydrogen-bond donors (Lipinski definition) is 0. The van der Waals surface area contributed by atoms with Crippen molar-refractivity contribution in [3.05, 3.63) is 75.3 Å². The molecular weight excluding hydrogens is 354 g/mol. The van der Waals surface area contributed by atoms with E-state index in [9.17, 15) is 9.59 Å². The number of hydrogen-bond acceptors (Lipinski definition) is 2. The van der Waals surface area contributed by atoms with Crippen molar-refractivity contribution in [2.24, 2.45) is 0 Å². The Morgan fingerprint density at radius 1 is 0.913 bits per heavy atom. The van der Waals surface area contributed by atoms with E-state index in [1.165, 1.54) is 4.90 Å². The lowest BCUT2D eigenvalue weighted by molar-refractivity contribution is -0.137. The van der Waals surface area contributed by atoms with Gasteiger partial charge in [-0.15, -0.1) is 0 Å². The molecule has 1 aliphatic heterocycles. The number of benzene rings is 2. The fraction of sp³-hybridized carbons (Fsp3) is 0.158. The van der Waals surface area contributed by atoms with Gasteiger partial charge in [0.05, 0.1) is 16.6 Å². The van der Waals surface area contributed by atoms with E-state index in [1.54, 1.807) is 0 Å². The molecule has 2 aromatic rings. The predicted octanol–water partition coefficient (Wildman–Crippen LogP) is 3.98.